The molecular formula is C8H15NO. The van der Waals surface area contributed by atoms with Gasteiger partial charge in [0, 0.05) is 6.42 Å². The molecule has 0 heterocycles. The van der Waals surface area contributed by atoms with Gasteiger partial charge in [-0.1, -0.05) is 6.42 Å². The molecule has 1 atom stereocenters. The summed E-state index contributed by atoms with van der Waals surface area (Å²) >= 11 is 0. The fourth-order valence-corrected chi connectivity index (χ4v) is 1.51. The van der Waals surface area contributed by atoms with E-state index in [0.29, 0.717) is 5.78 Å². The number of hydrogen-bond acceptors (Lipinski definition) is 2. The fraction of sp³-hybridized carbons (Fsp3) is 0.875. The maximum absolute atomic E-state index is 11.2. The van der Waals surface area contributed by atoms with Crippen LogP contribution in [0, 0.1) is 0 Å². The molecule has 1 fully saturated rings. The number of carbonyl (C=O) groups is 1. The number of rotatable bonds is 1. The summed E-state index contributed by atoms with van der Waals surface area (Å²) in [5.41, 5.74) is 0. The van der Waals surface area contributed by atoms with Gasteiger partial charge >= 0.3 is 0 Å². The summed E-state index contributed by atoms with van der Waals surface area (Å²) in [5, 5.41) is 0. The summed E-state index contributed by atoms with van der Waals surface area (Å²) in [6.07, 6.45) is 4.17. The standard InChI is InChI=1S/C8H15NO/c1-9(2)7-5-3-4-6-8(7)10/h7H,3-6H2,1-2H3. The molecule has 1 rings (SSSR count). The molecule has 0 aliphatic heterocycles. The van der Waals surface area contributed by atoms with Crippen molar-refractivity contribution in [2.45, 2.75) is 31.7 Å². The quantitative estimate of drug-likeness (QED) is 0.544. The van der Waals surface area contributed by atoms with Gasteiger partial charge in [0.2, 0.25) is 0 Å². The van der Waals surface area contributed by atoms with Crippen LogP contribution in [0.5, 0.6) is 0 Å². The van der Waals surface area contributed by atoms with Crippen molar-refractivity contribution in [1.29, 1.82) is 0 Å². The number of nitrogens with zero attached hydrogens (tertiary/aromatic N) is 1. The Morgan fingerprint density at radius 2 is 2.10 bits per heavy atom. The monoisotopic (exact) mass is 141 g/mol. The Labute approximate surface area is 62.2 Å². The number of carbonyl (C=O) groups excluding carboxylic acids is 1. The minimum atomic E-state index is 0.216. The minimum absolute atomic E-state index is 0.216. The van der Waals surface area contributed by atoms with Crippen LogP contribution in [0.2, 0.25) is 0 Å². The highest BCUT2D eigenvalue weighted by Gasteiger charge is 2.23. The number of ketones is 1. The van der Waals surface area contributed by atoms with Gasteiger partial charge in [-0.2, -0.15) is 0 Å². The lowest BCUT2D eigenvalue weighted by molar-refractivity contribution is -0.125. The van der Waals surface area contributed by atoms with Gasteiger partial charge in [0.15, 0.2) is 0 Å². The highest BCUT2D eigenvalue weighted by atomic mass is 16.1. The summed E-state index contributed by atoms with van der Waals surface area (Å²) in [4.78, 5) is 13.2. The summed E-state index contributed by atoms with van der Waals surface area (Å²) < 4.78 is 0. The molecule has 10 heavy (non-hydrogen) atoms. The summed E-state index contributed by atoms with van der Waals surface area (Å²) in [5.74, 6) is 0.427. The van der Waals surface area contributed by atoms with Crippen LogP contribution in [0.15, 0.2) is 0 Å². The first-order valence-electron chi connectivity index (χ1n) is 3.91. The van der Waals surface area contributed by atoms with Gasteiger partial charge in [-0.25, -0.2) is 0 Å². The van der Waals surface area contributed by atoms with Crippen LogP contribution in [0.25, 0.3) is 0 Å². The van der Waals surface area contributed by atoms with Crippen LogP contribution in [-0.2, 0) is 4.79 Å². The van der Waals surface area contributed by atoms with E-state index in [-0.39, 0.29) is 6.04 Å². The van der Waals surface area contributed by atoms with E-state index >= 15 is 0 Å². The molecule has 0 aromatic heterocycles. The lowest BCUT2D eigenvalue weighted by Gasteiger charge is -2.26. The van der Waals surface area contributed by atoms with E-state index in [1.807, 2.05) is 19.0 Å². The molecule has 0 amide bonds. The predicted molar refractivity (Wildman–Crippen MR) is 41.0 cm³/mol. The van der Waals surface area contributed by atoms with E-state index in [9.17, 15) is 4.79 Å². The molecule has 0 aromatic rings. The highest BCUT2D eigenvalue weighted by molar-refractivity contribution is 5.84. The molecule has 0 N–H and O–H groups in total. The van der Waals surface area contributed by atoms with Crippen molar-refractivity contribution in [3.63, 3.8) is 0 Å². The number of Topliss-reactive ketones (excluding diaryl/α,β-unsaturated/α-hetero) is 1. The van der Waals surface area contributed by atoms with Gasteiger partial charge in [0.05, 0.1) is 6.04 Å². The molecule has 1 aliphatic rings. The summed E-state index contributed by atoms with van der Waals surface area (Å²) in [6, 6.07) is 0.216. The molecule has 0 spiro atoms. The average Bonchev–Trinajstić information content (AvgIpc) is 1.88. The first-order valence-corrected chi connectivity index (χ1v) is 3.91. The number of hydrogen-bond donors (Lipinski definition) is 0. The molecule has 1 aliphatic carbocycles. The Morgan fingerprint density at radius 3 is 2.50 bits per heavy atom. The molecule has 1 unspecified atom stereocenters. The second-order valence-electron chi connectivity index (χ2n) is 3.19. The molecule has 1 saturated carbocycles. The lowest BCUT2D eigenvalue weighted by atomic mass is 9.93. The Morgan fingerprint density at radius 1 is 1.40 bits per heavy atom. The topological polar surface area (TPSA) is 20.3 Å². The maximum Gasteiger partial charge on any atom is 0.149 e. The van der Waals surface area contributed by atoms with E-state index in [4.69, 9.17) is 0 Å². The zero-order chi connectivity index (χ0) is 7.56. The Hall–Kier alpha value is -0.370. The highest BCUT2D eigenvalue weighted by Crippen LogP contribution is 2.17. The Kier molecular flexibility index (Phi) is 2.44. The molecule has 0 saturated heterocycles. The SMILES string of the molecule is CN(C)C1CCCCC1=O. The third-order valence-electron chi connectivity index (χ3n) is 2.15. The van der Waals surface area contributed by atoms with Crippen molar-refractivity contribution in [1.82, 2.24) is 4.90 Å². The Balaban J connectivity index is 2.48. The molecule has 0 aromatic carbocycles. The van der Waals surface area contributed by atoms with E-state index in [2.05, 4.69) is 0 Å². The second-order valence-corrected chi connectivity index (χ2v) is 3.19. The molecule has 2 nitrogen and oxygen atoms in total. The van der Waals surface area contributed by atoms with Crippen LogP contribution in [0.3, 0.4) is 0 Å². The van der Waals surface area contributed by atoms with Crippen molar-refractivity contribution < 1.29 is 4.79 Å². The van der Waals surface area contributed by atoms with Gasteiger partial charge < -0.3 is 0 Å². The lowest BCUT2D eigenvalue weighted by Crippen LogP contribution is -2.37. The van der Waals surface area contributed by atoms with Crippen LogP contribution in [-0.4, -0.2) is 30.8 Å². The largest absolute Gasteiger partial charge is 0.300 e. The van der Waals surface area contributed by atoms with Crippen molar-refractivity contribution in [2.75, 3.05) is 14.1 Å². The normalized spacial score (nSPS) is 27.5. The molecule has 58 valence electrons. The Bertz CT molecular complexity index is 131. The predicted octanol–water partition coefficient (Wildman–Crippen LogP) is 1.06. The van der Waals surface area contributed by atoms with E-state index in [1.165, 1.54) is 6.42 Å². The first-order chi connectivity index (χ1) is 4.72. The smallest absolute Gasteiger partial charge is 0.149 e. The van der Waals surface area contributed by atoms with Gasteiger partial charge in [0.25, 0.3) is 0 Å². The zero-order valence-electron chi connectivity index (χ0n) is 6.76. The number of likely N-dealkylation sites (N-methyl/N-ethyl adjacent to an activating group) is 1. The summed E-state index contributed by atoms with van der Waals surface area (Å²) in [6.45, 7) is 0. The van der Waals surface area contributed by atoms with Crippen LogP contribution < -0.4 is 0 Å². The average molecular weight is 141 g/mol. The van der Waals surface area contributed by atoms with Crippen molar-refractivity contribution in [2.24, 2.45) is 0 Å². The minimum Gasteiger partial charge on any atom is -0.300 e. The molecule has 0 radical (unpaired) electrons. The van der Waals surface area contributed by atoms with Crippen molar-refractivity contribution >= 4 is 5.78 Å². The third-order valence-corrected chi connectivity index (χ3v) is 2.15. The van der Waals surface area contributed by atoms with Gasteiger partial charge in [0.1, 0.15) is 5.78 Å². The van der Waals surface area contributed by atoms with Crippen LogP contribution in [0.4, 0.5) is 0 Å². The van der Waals surface area contributed by atoms with Gasteiger partial charge in [-0.3, -0.25) is 9.69 Å². The molecule has 0 bridgehead atoms. The zero-order valence-corrected chi connectivity index (χ0v) is 6.76. The second kappa shape index (κ2) is 3.15. The summed E-state index contributed by atoms with van der Waals surface area (Å²) in [7, 11) is 3.96. The third kappa shape index (κ3) is 1.57. The maximum atomic E-state index is 11.2. The molecule has 2 heteroatoms. The van der Waals surface area contributed by atoms with Crippen molar-refractivity contribution in [3.8, 4) is 0 Å². The first kappa shape index (κ1) is 7.73. The van der Waals surface area contributed by atoms with E-state index in [0.717, 1.165) is 19.3 Å². The van der Waals surface area contributed by atoms with Gasteiger partial charge in [-0.05, 0) is 26.9 Å². The van der Waals surface area contributed by atoms with E-state index < -0.39 is 0 Å². The molecular weight excluding hydrogens is 126 g/mol. The van der Waals surface area contributed by atoms with Crippen LogP contribution in [0.1, 0.15) is 25.7 Å². The fourth-order valence-electron chi connectivity index (χ4n) is 1.51. The van der Waals surface area contributed by atoms with E-state index in [1.54, 1.807) is 0 Å². The van der Waals surface area contributed by atoms with Crippen molar-refractivity contribution in [3.05, 3.63) is 0 Å². The van der Waals surface area contributed by atoms with Crippen LogP contribution >= 0.6 is 0 Å². The van der Waals surface area contributed by atoms with Gasteiger partial charge in [-0.15, -0.1) is 0 Å².